The Morgan fingerprint density at radius 1 is 1.11 bits per heavy atom. The lowest BCUT2D eigenvalue weighted by molar-refractivity contribution is 0.0970. The van der Waals surface area contributed by atoms with Crippen molar-refractivity contribution in [2.24, 2.45) is 5.73 Å². The molecule has 192 valence electrons. The molecule has 5 rings (SSSR count). The van der Waals surface area contributed by atoms with Crippen LogP contribution in [0.3, 0.4) is 0 Å². The highest BCUT2D eigenvalue weighted by atomic mass is 35.5. The van der Waals surface area contributed by atoms with E-state index in [0.717, 1.165) is 19.6 Å². The summed E-state index contributed by atoms with van der Waals surface area (Å²) < 4.78 is 7.26. The van der Waals surface area contributed by atoms with Crippen molar-refractivity contribution >= 4 is 52.0 Å². The van der Waals surface area contributed by atoms with Crippen molar-refractivity contribution < 1.29 is 14.3 Å². The number of carbonyl (C=O) groups excluding carboxylic acids is 2. The molecule has 2 aromatic carbocycles. The Balaban J connectivity index is 1.35. The van der Waals surface area contributed by atoms with Crippen LogP contribution in [0.2, 0.25) is 10.0 Å². The number of primary amides is 1. The van der Waals surface area contributed by atoms with E-state index in [1.165, 1.54) is 30.2 Å². The minimum absolute atomic E-state index is 0.121. The molecule has 2 amide bonds. The Bertz CT molecular complexity index is 1440. The first-order valence-corrected chi connectivity index (χ1v) is 12.6. The smallest absolute Gasteiger partial charge is 0.277 e. The average Bonchev–Trinajstić information content (AvgIpc) is 3.48. The number of nitrogens with one attached hydrogen (secondary N) is 2. The predicted molar refractivity (Wildman–Crippen MR) is 142 cm³/mol. The third-order valence-corrected chi connectivity index (χ3v) is 6.81. The summed E-state index contributed by atoms with van der Waals surface area (Å²) in [7, 11) is 0. The first kappa shape index (κ1) is 25.1. The quantitative estimate of drug-likeness (QED) is 0.305. The summed E-state index contributed by atoms with van der Waals surface area (Å²) in [6.07, 6.45) is 5.05. The Morgan fingerprint density at radius 3 is 2.59 bits per heavy atom. The lowest BCUT2D eigenvalue weighted by Crippen LogP contribution is -2.33. The summed E-state index contributed by atoms with van der Waals surface area (Å²) in [5.74, 6) is -0.658. The minimum Gasteiger partial charge on any atom is -0.492 e. The van der Waals surface area contributed by atoms with Gasteiger partial charge in [-0.15, -0.1) is 0 Å². The largest absolute Gasteiger partial charge is 0.492 e. The van der Waals surface area contributed by atoms with Crippen LogP contribution >= 0.6 is 23.2 Å². The van der Waals surface area contributed by atoms with Crippen LogP contribution in [0.15, 0.2) is 42.7 Å². The number of H-pyrrole nitrogens is 1. The number of imidazole rings is 2. The van der Waals surface area contributed by atoms with E-state index >= 15 is 0 Å². The second-order valence-electron chi connectivity index (χ2n) is 8.72. The maximum atomic E-state index is 13.3. The zero-order valence-corrected chi connectivity index (χ0v) is 21.3. The van der Waals surface area contributed by atoms with Crippen LogP contribution in [0.25, 0.3) is 16.7 Å². The third kappa shape index (κ3) is 5.41. The fraction of sp³-hybridized carbons (Fsp3) is 0.280. The van der Waals surface area contributed by atoms with Crippen LogP contribution in [-0.2, 0) is 0 Å². The fourth-order valence-electron chi connectivity index (χ4n) is 4.41. The number of rotatable bonds is 8. The monoisotopic (exact) mass is 541 g/mol. The van der Waals surface area contributed by atoms with Gasteiger partial charge in [0.2, 0.25) is 5.95 Å². The molecule has 37 heavy (non-hydrogen) atoms. The van der Waals surface area contributed by atoms with E-state index in [0.29, 0.717) is 29.1 Å². The van der Waals surface area contributed by atoms with E-state index in [1.54, 1.807) is 24.3 Å². The molecule has 0 aliphatic carbocycles. The number of anilines is 1. The van der Waals surface area contributed by atoms with Crippen LogP contribution in [-0.4, -0.2) is 62.5 Å². The van der Waals surface area contributed by atoms with Gasteiger partial charge >= 0.3 is 0 Å². The van der Waals surface area contributed by atoms with Crippen molar-refractivity contribution in [3.8, 4) is 11.4 Å². The molecule has 10 nitrogen and oxygen atoms in total. The summed E-state index contributed by atoms with van der Waals surface area (Å²) in [4.78, 5) is 39.2. The molecular formula is C25H25Cl2N7O3. The van der Waals surface area contributed by atoms with E-state index < -0.39 is 11.8 Å². The molecule has 0 atom stereocenters. The van der Waals surface area contributed by atoms with Crippen LogP contribution in [0, 0.1) is 0 Å². The Kier molecular flexibility index (Phi) is 7.31. The number of halogens is 2. The maximum Gasteiger partial charge on any atom is 0.277 e. The Morgan fingerprint density at radius 2 is 1.86 bits per heavy atom. The number of amides is 2. The number of aromatic nitrogens is 4. The van der Waals surface area contributed by atoms with Crippen LogP contribution in [0.4, 0.5) is 5.95 Å². The highest BCUT2D eigenvalue weighted by Gasteiger charge is 2.26. The minimum atomic E-state index is -0.872. The zero-order valence-electron chi connectivity index (χ0n) is 19.8. The van der Waals surface area contributed by atoms with E-state index in [-0.39, 0.29) is 27.4 Å². The number of likely N-dealkylation sites (tertiary alicyclic amines) is 1. The van der Waals surface area contributed by atoms with Gasteiger partial charge in [-0.1, -0.05) is 35.7 Å². The van der Waals surface area contributed by atoms with E-state index in [4.69, 9.17) is 33.7 Å². The van der Waals surface area contributed by atoms with Gasteiger partial charge in [-0.2, -0.15) is 0 Å². The first-order valence-electron chi connectivity index (χ1n) is 11.9. The molecule has 1 aliphatic rings. The lowest BCUT2D eigenvalue weighted by atomic mass is 10.1. The van der Waals surface area contributed by atoms with Crippen molar-refractivity contribution in [3.05, 3.63) is 64.2 Å². The Labute approximate surface area is 222 Å². The molecule has 0 bridgehead atoms. The Hall–Kier alpha value is -3.60. The highest BCUT2D eigenvalue weighted by Crippen LogP contribution is 2.30. The maximum absolute atomic E-state index is 13.3. The van der Waals surface area contributed by atoms with Crippen LogP contribution in [0.1, 0.15) is 40.2 Å². The second-order valence-corrected chi connectivity index (χ2v) is 9.53. The molecule has 0 radical (unpaired) electrons. The summed E-state index contributed by atoms with van der Waals surface area (Å²) >= 11 is 12.6. The fourth-order valence-corrected chi connectivity index (χ4v) is 4.99. The van der Waals surface area contributed by atoms with Gasteiger partial charge in [0.05, 0.1) is 26.8 Å². The highest BCUT2D eigenvalue weighted by molar-refractivity contribution is 6.37. The van der Waals surface area contributed by atoms with E-state index in [9.17, 15) is 9.59 Å². The van der Waals surface area contributed by atoms with Crippen LogP contribution < -0.4 is 15.8 Å². The number of hydrogen-bond acceptors (Lipinski definition) is 6. The number of para-hydroxylation sites is 1. The predicted octanol–water partition coefficient (Wildman–Crippen LogP) is 4.27. The first-order chi connectivity index (χ1) is 17.9. The van der Waals surface area contributed by atoms with Crippen LogP contribution in [0.5, 0.6) is 5.75 Å². The van der Waals surface area contributed by atoms with E-state index in [2.05, 4.69) is 25.2 Å². The molecule has 4 aromatic rings. The van der Waals surface area contributed by atoms with Gasteiger partial charge in [-0.05, 0) is 50.2 Å². The number of ether oxygens (including phenoxy) is 1. The zero-order chi connectivity index (χ0) is 25.9. The van der Waals surface area contributed by atoms with Crippen molar-refractivity contribution in [3.63, 3.8) is 0 Å². The summed E-state index contributed by atoms with van der Waals surface area (Å²) in [5, 5.41) is 3.22. The number of benzene rings is 2. The number of nitrogens with two attached hydrogens (primary N) is 1. The van der Waals surface area contributed by atoms with Gasteiger partial charge in [0.25, 0.3) is 11.8 Å². The van der Waals surface area contributed by atoms with Crippen molar-refractivity contribution in [2.45, 2.75) is 19.3 Å². The molecule has 12 heteroatoms. The average molecular weight is 542 g/mol. The number of fused-ring (bicyclic) bond motifs is 1. The molecule has 1 fully saturated rings. The molecule has 1 aliphatic heterocycles. The lowest BCUT2D eigenvalue weighted by Gasteiger charge is -2.26. The molecule has 0 saturated carbocycles. The van der Waals surface area contributed by atoms with E-state index in [1.807, 2.05) is 12.1 Å². The van der Waals surface area contributed by atoms with Crippen molar-refractivity contribution in [1.29, 1.82) is 0 Å². The second kappa shape index (κ2) is 10.8. The summed E-state index contributed by atoms with van der Waals surface area (Å²) in [6.45, 7) is 3.71. The summed E-state index contributed by atoms with van der Waals surface area (Å²) in [5.41, 5.74) is 6.75. The summed E-state index contributed by atoms with van der Waals surface area (Å²) in [6, 6.07) is 10.4. The number of piperidine rings is 1. The standard InChI is InChI=1S/C25H25Cl2N7O3/c26-16-5-4-6-17(27)21(16)34-14-29-20(23(28)35)22(34)24(36)32-25-30-18-8-7-15(13-19(18)31-25)37-12-11-33-9-2-1-3-10-33/h4-8,13-14H,1-3,9-12H2,(H2,28,35)(H2,30,31,32,36). The molecule has 2 aromatic heterocycles. The van der Waals surface area contributed by atoms with Gasteiger partial charge in [-0.25, -0.2) is 9.97 Å². The van der Waals surface area contributed by atoms with Gasteiger partial charge in [0.15, 0.2) is 5.69 Å². The normalized spacial score (nSPS) is 14.1. The van der Waals surface area contributed by atoms with Gasteiger partial charge in [0.1, 0.15) is 24.4 Å². The SMILES string of the molecule is NC(=O)c1ncn(-c2c(Cl)cccc2Cl)c1C(=O)Nc1nc2ccc(OCCN3CCCCC3)cc2[nH]1. The van der Waals surface area contributed by atoms with Gasteiger partial charge in [0, 0.05) is 12.6 Å². The molecule has 0 unspecified atom stereocenters. The number of nitrogens with zero attached hydrogens (tertiary/aromatic N) is 4. The number of carbonyl (C=O) groups is 2. The van der Waals surface area contributed by atoms with Gasteiger partial charge in [-0.3, -0.25) is 24.4 Å². The molecular weight excluding hydrogens is 517 g/mol. The molecule has 0 spiro atoms. The molecule has 4 N–H and O–H groups in total. The third-order valence-electron chi connectivity index (χ3n) is 6.20. The molecule has 3 heterocycles. The van der Waals surface area contributed by atoms with Crippen molar-refractivity contribution in [1.82, 2.24) is 24.4 Å². The van der Waals surface area contributed by atoms with Crippen molar-refractivity contribution in [2.75, 3.05) is 31.6 Å². The number of hydrogen-bond donors (Lipinski definition) is 3. The topological polar surface area (TPSA) is 131 Å². The van der Waals surface area contributed by atoms with Gasteiger partial charge < -0.3 is 15.5 Å². The number of aromatic amines is 1. The molecule has 1 saturated heterocycles.